The fourth-order valence-corrected chi connectivity index (χ4v) is 0.931. The van der Waals surface area contributed by atoms with Crippen molar-refractivity contribution in [2.24, 2.45) is 0 Å². The molecule has 0 amide bonds. The van der Waals surface area contributed by atoms with E-state index in [2.05, 4.69) is 16.3 Å². The SMILES string of the molecule is Fc1cn[c]nc1C1CC1. The predicted octanol–water partition coefficient (Wildman–Crippen LogP) is 1.29. The summed E-state index contributed by atoms with van der Waals surface area (Å²) in [6.07, 6.45) is 5.67. The molecule has 0 bridgehead atoms. The van der Waals surface area contributed by atoms with Crippen LogP contribution < -0.4 is 0 Å². The molecule has 51 valence electrons. The summed E-state index contributed by atoms with van der Waals surface area (Å²) in [5.74, 6) is 0.0560. The fourth-order valence-electron chi connectivity index (χ4n) is 0.931. The van der Waals surface area contributed by atoms with E-state index in [0.29, 0.717) is 11.6 Å². The van der Waals surface area contributed by atoms with Crippen LogP contribution in [0.5, 0.6) is 0 Å². The number of rotatable bonds is 1. The molecule has 3 heteroatoms. The van der Waals surface area contributed by atoms with Crippen molar-refractivity contribution in [2.45, 2.75) is 18.8 Å². The average molecular weight is 137 g/mol. The molecule has 1 radical (unpaired) electrons. The highest BCUT2D eigenvalue weighted by molar-refractivity contribution is 5.13. The summed E-state index contributed by atoms with van der Waals surface area (Å²) in [4.78, 5) is 7.17. The second kappa shape index (κ2) is 2.01. The second-order valence-electron chi connectivity index (χ2n) is 2.48. The lowest BCUT2D eigenvalue weighted by Crippen LogP contribution is -1.92. The summed E-state index contributed by atoms with van der Waals surface area (Å²) in [6.45, 7) is 0. The molecule has 0 N–H and O–H groups in total. The van der Waals surface area contributed by atoms with Gasteiger partial charge in [0.05, 0.1) is 11.9 Å². The minimum absolute atomic E-state index is 0.291. The van der Waals surface area contributed by atoms with Crippen LogP contribution in [0.3, 0.4) is 0 Å². The standard InChI is InChI=1S/C7H6FN2/c8-6-3-9-4-10-7(6)5-1-2-5/h3,5H,1-2H2. The van der Waals surface area contributed by atoms with E-state index in [1.54, 1.807) is 0 Å². The largest absolute Gasteiger partial charge is 0.231 e. The van der Waals surface area contributed by atoms with Crippen LogP contribution in [0.15, 0.2) is 6.20 Å². The Bertz CT molecular complexity index is 245. The van der Waals surface area contributed by atoms with Crippen molar-refractivity contribution >= 4 is 0 Å². The van der Waals surface area contributed by atoms with E-state index in [4.69, 9.17) is 0 Å². The van der Waals surface area contributed by atoms with Gasteiger partial charge in [-0.2, -0.15) is 0 Å². The molecule has 1 fully saturated rings. The molecule has 1 aliphatic carbocycles. The predicted molar refractivity (Wildman–Crippen MR) is 32.8 cm³/mol. The van der Waals surface area contributed by atoms with E-state index >= 15 is 0 Å². The number of hydrogen-bond acceptors (Lipinski definition) is 2. The Morgan fingerprint density at radius 1 is 1.60 bits per heavy atom. The van der Waals surface area contributed by atoms with Gasteiger partial charge in [-0.05, 0) is 12.8 Å². The Balaban J connectivity index is 2.39. The van der Waals surface area contributed by atoms with Crippen LogP contribution >= 0.6 is 0 Å². The summed E-state index contributed by atoms with van der Waals surface area (Å²) in [7, 11) is 0. The quantitative estimate of drug-likeness (QED) is 0.583. The Hall–Kier alpha value is -0.990. The number of hydrogen-bond donors (Lipinski definition) is 0. The first-order valence-electron chi connectivity index (χ1n) is 3.26. The highest BCUT2D eigenvalue weighted by atomic mass is 19.1. The normalized spacial score (nSPS) is 17.3. The first-order chi connectivity index (χ1) is 4.88. The van der Waals surface area contributed by atoms with Crippen molar-refractivity contribution in [1.82, 2.24) is 9.97 Å². The van der Waals surface area contributed by atoms with Crippen LogP contribution in [-0.4, -0.2) is 9.97 Å². The van der Waals surface area contributed by atoms with E-state index < -0.39 is 0 Å². The zero-order valence-corrected chi connectivity index (χ0v) is 5.34. The molecule has 2 rings (SSSR count). The molecular formula is C7H6FN2. The third-order valence-electron chi connectivity index (χ3n) is 1.61. The minimum Gasteiger partial charge on any atom is -0.231 e. The Kier molecular flexibility index (Phi) is 1.16. The molecule has 2 nitrogen and oxygen atoms in total. The Morgan fingerprint density at radius 3 is 3.00 bits per heavy atom. The third-order valence-corrected chi connectivity index (χ3v) is 1.61. The lowest BCUT2D eigenvalue weighted by atomic mass is 10.3. The molecule has 0 unspecified atom stereocenters. The maximum absolute atomic E-state index is 12.7. The lowest BCUT2D eigenvalue weighted by Gasteiger charge is -1.94. The number of aromatic nitrogens is 2. The molecule has 0 saturated heterocycles. The molecular weight excluding hydrogens is 131 g/mol. The van der Waals surface area contributed by atoms with Gasteiger partial charge in [0, 0.05) is 5.92 Å². The number of nitrogens with zero attached hydrogens (tertiary/aromatic N) is 2. The zero-order valence-electron chi connectivity index (χ0n) is 5.34. The fraction of sp³-hybridized carbons (Fsp3) is 0.429. The van der Waals surface area contributed by atoms with E-state index in [-0.39, 0.29) is 5.82 Å². The lowest BCUT2D eigenvalue weighted by molar-refractivity contribution is 0.591. The van der Waals surface area contributed by atoms with E-state index in [0.717, 1.165) is 12.8 Å². The van der Waals surface area contributed by atoms with Crippen molar-refractivity contribution < 1.29 is 4.39 Å². The van der Waals surface area contributed by atoms with Crippen LogP contribution in [0, 0.1) is 12.1 Å². The van der Waals surface area contributed by atoms with Gasteiger partial charge in [-0.15, -0.1) is 0 Å². The van der Waals surface area contributed by atoms with Crippen molar-refractivity contribution in [3.05, 3.63) is 24.0 Å². The van der Waals surface area contributed by atoms with Crippen LogP contribution in [0.2, 0.25) is 0 Å². The van der Waals surface area contributed by atoms with E-state index in [1.165, 1.54) is 6.20 Å². The zero-order chi connectivity index (χ0) is 6.97. The summed E-state index contributed by atoms with van der Waals surface area (Å²) in [6, 6.07) is 0. The monoisotopic (exact) mass is 137 g/mol. The van der Waals surface area contributed by atoms with Crippen molar-refractivity contribution in [3.8, 4) is 0 Å². The van der Waals surface area contributed by atoms with Gasteiger partial charge >= 0.3 is 0 Å². The van der Waals surface area contributed by atoms with Crippen LogP contribution in [0.1, 0.15) is 24.5 Å². The summed E-state index contributed by atoms with van der Waals surface area (Å²) in [5.41, 5.74) is 0.537. The van der Waals surface area contributed by atoms with Gasteiger partial charge in [-0.1, -0.05) is 0 Å². The van der Waals surface area contributed by atoms with Gasteiger partial charge in [0.15, 0.2) is 12.1 Å². The summed E-state index contributed by atoms with van der Waals surface area (Å²) in [5, 5.41) is 0. The molecule has 0 aliphatic heterocycles. The summed E-state index contributed by atoms with van der Waals surface area (Å²) < 4.78 is 12.7. The van der Waals surface area contributed by atoms with Crippen LogP contribution in [0.4, 0.5) is 4.39 Å². The molecule has 1 aromatic heterocycles. The van der Waals surface area contributed by atoms with Gasteiger partial charge < -0.3 is 0 Å². The smallest absolute Gasteiger partial charge is 0.198 e. The first-order valence-corrected chi connectivity index (χ1v) is 3.26. The van der Waals surface area contributed by atoms with Crippen LogP contribution in [0.25, 0.3) is 0 Å². The molecule has 1 heterocycles. The first kappa shape index (κ1) is 5.77. The molecule has 0 aromatic carbocycles. The van der Waals surface area contributed by atoms with Gasteiger partial charge in [-0.25, -0.2) is 14.4 Å². The van der Waals surface area contributed by atoms with Crippen LogP contribution in [-0.2, 0) is 0 Å². The maximum atomic E-state index is 12.7. The minimum atomic E-state index is -0.291. The highest BCUT2D eigenvalue weighted by Gasteiger charge is 2.27. The third kappa shape index (κ3) is 0.875. The van der Waals surface area contributed by atoms with Gasteiger partial charge in [0.1, 0.15) is 0 Å². The van der Waals surface area contributed by atoms with Crippen molar-refractivity contribution in [1.29, 1.82) is 0 Å². The molecule has 1 saturated carbocycles. The maximum Gasteiger partial charge on any atom is 0.198 e. The summed E-state index contributed by atoms with van der Waals surface area (Å²) >= 11 is 0. The van der Waals surface area contributed by atoms with Crippen molar-refractivity contribution in [3.63, 3.8) is 0 Å². The molecule has 10 heavy (non-hydrogen) atoms. The molecule has 0 spiro atoms. The van der Waals surface area contributed by atoms with E-state index in [9.17, 15) is 4.39 Å². The molecule has 1 aromatic rings. The topological polar surface area (TPSA) is 25.8 Å². The van der Waals surface area contributed by atoms with Gasteiger partial charge in [-0.3, -0.25) is 0 Å². The van der Waals surface area contributed by atoms with E-state index in [1.807, 2.05) is 0 Å². The molecule has 1 aliphatic rings. The average Bonchev–Trinajstić information content (AvgIpc) is 2.71. The highest BCUT2D eigenvalue weighted by Crippen LogP contribution is 2.39. The van der Waals surface area contributed by atoms with Gasteiger partial charge in [0.25, 0.3) is 0 Å². The second-order valence-corrected chi connectivity index (χ2v) is 2.48. The van der Waals surface area contributed by atoms with Gasteiger partial charge in [0.2, 0.25) is 0 Å². The van der Waals surface area contributed by atoms with Crippen molar-refractivity contribution in [2.75, 3.05) is 0 Å². The Morgan fingerprint density at radius 2 is 2.40 bits per heavy atom. The number of halogens is 1. The Labute approximate surface area is 58.1 Å². The molecule has 0 atom stereocenters.